The Morgan fingerprint density at radius 3 is 2.13 bits per heavy atom. The van der Waals surface area contributed by atoms with Crippen LogP contribution in [0, 0.1) is 0 Å². The van der Waals surface area contributed by atoms with Gasteiger partial charge in [-0.25, -0.2) is 9.36 Å². The van der Waals surface area contributed by atoms with E-state index in [1.165, 1.54) is 50.7 Å². The van der Waals surface area contributed by atoms with Crippen molar-refractivity contribution in [3.8, 4) is 5.75 Å². The van der Waals surface area contributed by atoms with Gasteiger partial charge in [-0.05, 0) is 18.6 Å². The first-order valence-electron chi connectivity index (χ1n) is 10.9. The number of aliphatic hydroxyl groups excluding tert-OH is 1. The molecule has 0 aliphatic heterocycles. The van der Waals surface area contributed by atoms with Gasteiger partial charge in [0.2, 0.25) is 0 Å². The summed E-state index contributed by atoms with van der Waals surface area (Å²) in [5, 5.41) is 9.78. The second-order valence-electron chi connectivity index (χ2n) is 7.41. The predicted octanol–water partition coefficient (Wildman–Crippen LogP) is 5.21. The normalized spacial score (nSPS) is 13.9. The van der Waals surface area contributed by atoms with Crippen LogP contribution in [0.15, 0.2) is 30.3 Å². The summed E-state index contributed by atoms with van der Waals surface area (Å²) in [5.74, 6) is -0.353. The molecule has 8 nitrogen and oxygen atoms in total. The SMILES string of the molecule is CCCCCCCCCCCC(=O)OCC(O)COP(=O)(O)C(=O)Oc1ccccc1. The fraction of sp³-hybridized carbons (Fsp3) is 0.636. The third-order valence-electron chi connectivity index (χ3n) is 4.54. The summed E-state index contributed by atoms with van der Waals surface area (Å²) in [6.45, 7) is 1.16. The molecule has 176 valence electrons. The van der Waals surface area contributed by atoms with Crippen LogP contribution in [0.5, 0.6) is 5.75 Å². The van der Waals surface area contributed by atoms with E-state index in [1.54, 1.807) is 18.2 Å². The van der Waals surface area contributed by atoms with Crippen LogP contribution in [0.3, 0.4) is 0 Å². The Morgan fingerprint density at radius 1 is 0.935 bits per heavy atom. The van der Waals surface area contributed by atoms with E-state index < -0.39 is 32.0 Å². The highest BCUT2D eigenvalue weighted by molar-refractivity contribution is 7.70. The monoisotopic (exact) mass is 458 g/mol. The predicted molar refractivity (Wildman–Crippen MR) is 117 cm³/mol. The van der Waals surface area contributed by atoms with Crippen molar-refractivity contribution in [2.24, 2.45) is 0 Å². The Kier molecular flexibility index (Phi) is 14.1. The number of para-hydroxylation sites is 1. The van der Waals surface area contributed by atoms with E-state index in [0.29, 0.717) is 0 Å². The molecule has 2 N–H and O–H groups in total. The van der Waals surface area contributed by atoms with Crippen molar-refractivity contribution in [1.29, 1.82) is 0 Å². The van der Waals surface area contributed by atoms with Gasteiger partial charge in [0.15, 0.2) is 0 Å². The van der Waals surface area contributed by atoms with Crippen LogP contribution < -0.4 is 4.74 Å². The van der Waals surface area contributed by atoms with E-state index in [2.05, 4.69) is 11.4 Å². The average molecular weight is 458 g/mol. The molecule has 2 unspecified atom stereocenters. The van der Waals surface area contributed by atoms with Crippen LogP contribution in [0.1, 0.15) is 71.1 Å². The van der Waals surface area contributed by atoms with Gasteiger partial charge in [-0.2, -0.15) is 0 Å². The van der Waals surface area contributed by atoms with Gasteiger partial charge in [-0.15, -0.1) is 0 Å². The molecule has 0 amide bonds. The largest absolute Gasteiger partial charge is 0.463 e. The van der Waals surface area contributed by atoms with E-state index in [9.17, 15) is 24.2 Å². The number of ether oxygens (including phenoxy) is 2. The maximum Gasteiger partial charge on any atom is 0.436 e. The molecule has 31 heavy (non-hydrogen) atoms. The molecular formula is C22H35O8P. The number of hydrogen-bond donors (Lipinski definition) is 2. The molecule has 0 saturated heterocycles. The van der Waals surface area contributed by atoms with E-state index in [-0.39, 0.29) is 18.8 Å². The van der Waals surface area contributed by atoms with Gasteiger partial charge in [0.1, 0.15) is 18.5 Å². The van der Waals surface area contributed by atoms with Crippen LogP contribution in [0.2, 0.25) is 0 Å². The number of esters is 1. The smallest absolute Gasteiger partial charge is 0.436 e. The Labute approximate surface area is 184 Å². The lowest BCUT2D eigenvalue weighted by atomic mass is 10.1. The molecule has 1 aromatic carbocycles. The average Bonchev–Trinajstić information content (AvgIpc) is 2.76. The van der Waals surface area contributed by atoms with Crippen molar-refractivity contribution >= 4 is 19.3 Å². The zero-order chi connectivity index (χ0) is 23.0. The molecular weight excluding hydrogens is 423 g/mol. The molecule has 0 saturated carbocycles. The van der Waals surface area contributed by atoms with Crippen LogP contribution in [0.4, 0.5) is 4.79 Å². The topological polar surface area (TPSA) is 119 Å². The Hall–Kier alpha value is -1.73. The minimum atomic E-state index is -4.75. The number of aliphatic hydroxyl groups is 1. The molecule has 0 radical (unpaired) electrons. The summed E-state index contributed by atoms with van der Waals surface area (Å²) in [6.07, 6.45) is 9.15. The second-order valence-corrected chi connectivity index (χ2v) is 9.08. The summed E-state index contributed by atoms with van der Waals surface area (Å²) < 4.78 is 26.2. The van der Waals surface area contributed by atoms with Gasteiger partial charge in [-0.1, -0.05) is 76.5 Å². The fourth-order valence-corrected chi connectivity index (χ4v) is 3.48. The molecule has 9 heteroatoms. The van der Waals surface area contributed by atoms with Crippen molar-refractivity contribution < 1.29 is 38.2 Å². The number of carbonyl (C=O) groups excluding carboxylic acids is 2. The highest BCUT2D eigenvalue weighted by atomic mass is 31.2. The number of rotatable bonds is 17. The molecule has 2 atom stereocenters. The van der Waals surface area contributed by atoms with Gasteiger partial charge in [0, 0.05) is 6.42 Å². The van der Waals surface area contributed by atoms with Gasteiger partial charge in [0.25, 0.3) is 0 Å². The molecule has 0 heterocycles. The summed E-state index contributed by atoms with van der Waals surface area (Å²) >= 11 is 0. The maximum absolute atomic E-state index is 11.9. The third kappa shape index (κ3) is 13.3. The molecule has 0 aliphatic carbocycles. The van der Waals surface area contributed by atoms with Crippen molar-refractivity contribution in [3.05, 3.63) is 30.3 Å². The molecule has 0 bridgehead atoms. The van der Waals surface area contributed by atoms with E-state index in [1.807, 2.05) is 0 Å². The third-order valence-corrected chi connectivity index (χ3v) is 5.59. The van der Waals surface area contributed by atoms with Crippen LogP contribution in [-0.4, -0.2) is 41.0 Å². The first kappa shape index (κ1) is 27.3. The van der Waals surface area contributed by atoms with Crippen molar-refractivity contribution in [2.75, 3.05) is 13.2 Å². The van der Waals surface area contributed by atoms with Crippen molar-refractivity contribution in [1.82, 2.24) is 0 Å². The molecule has 0 aliphatic rings. The van der Waals surface area contributed by atoms with Crippen LogP contribution >= 0.6 is 7.60 Å². The lowest BCUT2D eigenvalue weighted by Crippen LogP contribution is -2.24. The Balaban J connectivity index is 2.12. The van der Waals surface area contributed by atoms with Crippen molar-refractivity contribution in [2.45, 2.75) is 77.2 Å². The molecule has 1 rings (SSSR count). The second kappa shape index (κ2) is 16.0. The zero-order valence-electron chi connectivity index (χ0n) is 18.2. The van der Waals surface area contributed by atoms with Crippen LogP contribution in [0.25, 0.3) is 0 Å². The summed E-state index contributed by atoms with van der Waals surface area (Å²) in [5.41, 5.74) is -1.45. The highest BCUT2D eigenvalue weighted by Crippen LogP contribution is 2.44. The van der Waals surface area contributed by atoms with Gasteiger partial charge in [-0.3, -0.25) is 9.32 Å². The van der Waals surface area contributed by atoms with Gasteiger partial charge in [0.05, 0.1) is 6.61 Å². The summed E-state index contributed by atoms with van der Waals surface area (Å²) in [7, 11) is -4.75. The van der Waals surface area contributed by atoms with Gasteiger partial charge < -0.3 is 19.5 Å². The van der Waals surface area contributed by atoms with E-state index >= 15 is 0 Å². The fourth-order valence-electron chi connectivity index (χ4n) is 2.78. The number of unbranched alkanes of at least 4 members (excludes halogenated alkanes) is 8. The first-order valence-corrected chi connectivity index (χ1v) is 12.5. The van der Waals surface area contributed by atoms with Crippen LogP contribution in [-0.2, 0) is 18.6 Å². The summed E-state index contributed by atoms with van der Waals surface area (Å²) in [6, 6.07) is 7.77. The number of carbonyl (C=O) groups is 2. The highest BCUT2D eigenvalue weighted by Gasteiger charge is 2.34. The van der Waals surface area contributed by atoms with E-state index in [0.717, 1.165) is 19.3 Å². The molecule has 0 aromatic heterocycles. The zero-order valence-corrected chi connectivity index (χ0v) is 19.1. The number of hydrogen-bond acceptors (Lipinski definition) is 7. The molecule has 0 fully saturated rings. The lowest BCUT2D eigenvalue weighted by molar-refractivity contribution is -0.147. The van der Waals surface area contributed by atoms with Crippen molar-refractivity contribution in [3.63, 3.8) is 0 Å². The lowest BCUT2D eigenvalue weighted by Gasteiger charge is -2.14. The maximum atomic E-state index is 11.9. The number of benzene rings is 1. The standard InChI is InChI=1S/C22H35O8P/c1-2-3-4-5-6-7-8-9-13-16-21(24)28-17-19(23)18-29-31(26,27)22(25)30-20-14-11-10-12-15-20/h10-12,14-15,19,23H,2-9,13,16-18H2,1H3,(H,26,27). The summed E-state index contributed by atoms with van der Waals surface area (Å²) in [4.78, 5) is 33.1. The Morgan fingerprint density at radius 2 is 1.52 bits per heavy atom. The first-order chi connectivity index (χ1) is 14.8. The Bertz CT molecular complexity index is 679. The quantitative estimate of drug-likeness (QED) is 0.185. The minimum absolute atomic E-state index is 0.0938. The van der Waals surface area contributed by atoms with Gasteiger partial charge >= 0.3 is 19.3 Å². The molecule has 1 aromatic rings. The molecule has 0 spiro atoms. The van der Waals surface area contributed by atoms with E-state index in [4.69, 9.17) is 9.47 Å². The minimum Gasteiger partial charge on any atom is -0.463 e.